The van der Waals surface area contributed by atoms with Crippen LogP contribution in [0, 0.1) is 11.8 Å². The summed E-state index contributed by atoms with van der Waals surface area (Å²) in [6, 6.07) is 0.228. The highest BCUT2D eigenvalue weighted by Gasteiger charge is 2.30. The van der Waals surface area contributed by atoms with Crippen LogP contribution in [0.15, 0.2) is 4.99 Å². The van der Waals surface area contributed by atoms with Gasteiger partial charge < -0.3 is 15.5 Å². The van der Waals surface area contributed by atoms with Gasteiger partial charge in [0, 0.05) is 39.6 Å². The molecule has 2 aliphatic rings. The summed E-state index contributed by atoms with van der Waals surface area (Å²) in [5.74, 6) is 1.68. The summed E-state index contributed by atoms with van der Waals surface area (Å²) >= 11 is 0. The number of hydrogen-bond acceptors (Lipinski definition) is 4. The van der Waals surface area contributed by atoms with Crippen molar-refractivity contribution in [3.8, 4) is 0 Å². The quantitative estimate of drug-likeness (QED) is 0.350. The van der Waals surface area contributed by atoms with Crippen molar-refractivity contribution in [2.45, 2.75) is 38.1 Å². The van der Waals surface area contributed by atoms with Crippen molar-refractivity contribution in [1.29, 1.82) is 0 Å². The van der Waals surface area contributed by atoms with Gasteiger partial charge in [-0.3, -0.25) is 9.79 Å². The normalized spacial score (nSPS) is 28.8. The molecule has 0 aromatic heterocycles. The maximum atomic E-state index is 12.2. The van der Waals surface area contributed by atoms with Crippen LogP contribution in [-0.4, -0.2) is 70.4 Å². The fraction of sp³-hybridized carbons (Fsp3) is 0.875. The zero-order chi connectivity index (χ0) is 17.7. The van der Waals surface area contributed by atoms with Crippen molar-refractivity contribution in [3.05, 3.63) is 0 Å². The number of carbonyl (C=O) groups is 1. The molecule has 1 saturated heterocycles. The monoisotopic (exact) mass is 486 g/mol. The van der Waals surface area contributed by atoms with Crippen LogP contribution in [0.25, 0.3) is 0 Å². The lowest BCUT2D eigenvalue weighted by atomic mass is 9.85. The average Bonchev–Trinajstić information content (AvgIpc) is 2.90. The van der Waals surface area contributed by atoms with Crippen molar-refractivity contribution >= 4 is 45.7 Å². The molecule has 1 aliphatic heterocycles. The predicted molar refractivity (Wildman–Crippen MR) is 111 cm³/mol. The Morgan fingerprint density at radius 1 is 1.24 bits per heavy atom. The molecule has 146 valence electrons. The summed E-state index contributed by atoms with van der Waals surface area (Å²) in [5.41, 5.74) is 0. The van der Waals surface area contributed by atoms with Crippen LogP contribution in [0.5, 0.6) is 0 Å². The molecule has 1 amide bonds. The number of carbonyl (C=O) groups excluding carboxylic acids is 1. The van der Waals surface area contributed by atoms with Crippen molar-refractivity contribution < 1.29 is 13.2 Å². The van der Waals surface area contributed by atoms with Gasteiger partial charge >= 0.3 is 0 Å². The summed E-state index contributed by atoms with van der Waals surface area (Å²) < 4.78 is 23.0. The number of amides is 1. The minimum absolute atomic E-state index is 0. The first-order chi connectivity index (χ1) is 11.3. The van der Waals surface area contributed by atoms with Crippen LogP contribution in [0.2, 0.25) is 0 Å². The number of aliphatic imine (C=N–C) groups is 1. The highest BCUT2D eigenvalue weighted by atomic mass is 127. The summed E-state index contributed by atoms with van der Waals surface area (Å²) in [6.07, 6.45) is 4.53. The molecule has 3 unspecified atom stereocenters. The zero-order valence-corrected chi connectivity index (χ0v) is 18.5. The fourth-order valence-electron chi connectivity index (χ4n) is 3.57. The van der Waals surface area contributed by atoms with Gasteiger partial charge in [0.2, 0.25) is 5.91 Å². The Hall–Kier alpha value is -0.580. The molecular weight excluding hydrogens is 455 g/mol. The first kappa shape index (κ1) is 22.5. The van der Waals surface area contributed by atoms with Crippen LogP contribution >= 0.6 is 24.0 Å². The number of halogens is 1. The van der Waals surface area contributed by atoms with Gasteiger partial charge in [0.15, 0.2) is 15.8 Å². The standard InChI is InChI=1S/C16H30N4O3S.HI/c1-17-16(18-10-12-7-8-24(22,23)11-12)19-14-6-4-5-13(9-14)15(21)20(2)3;/h12-14H,4-11H2,1-3H3,(H2,17,18,19);1H. The van der Waals surface area contributed by atoms with Crippen LogP contribution in [-0.2, 0) is 14.6 Å². The van der Waals surface area contributed by atoms with Gasteiger partial charge in [-0.05, 0) is 31.6 Å². The first-order valence-corrected chi connectivity index (χ1v) is 10.5. The lowest BCUT2D eigenvalue weighted by Crippen LogP contribution is -2.47. The topological polar surface area (TPSA) is 90.9 Å². The van der Waals surface area contributed by atoms with Crippen molar-refractivity contribution in [2.24, 2.45) is 16.8 Å². The summed E-state index contributed by atoms with van der Waals surface area (Å²) in [4.78, 5) is 18.1. The van der Waals surface area contributed by atoms with Crippen molar-refractivity contribution in [3.63, 3.8) is 0 Å². The van der Waals surface area contributed by atoms with Gasteiger partial charge in [-0.25, -0.2) is 8.42 Å². The molecule has 0 radical (unpaired) electrons. The first-order valence-electron chi connectivity index (χ1n) is 8.69. The Morgan fingerprint density at radius 3 is 2.52 bits per heavy atom. The van der Waals surface area contributed by atoms with E-state index in [1.54, 1.807) is 26.0 Å². The number of nitrogens with zero attached hydrogens (tertiary/aromatic N) is 2. The smallest absolute Gasteiger partial charge is 0.225 e. The van der Waals surface area contributed by atoms with Crippen LogP contribution in [0.3, 0.4) is 0 Å². The van der Waals surface area contributed by atoms with Gasteiger partial charge in [-0.1, -0.05) is 6.42 Å². The molecule has 3 atom stereocenters. The summed E-state index contributed by atoms with van der Waals surface area (Å²) in [6.45, 7) is 0.617. The molecule has 9 heteroatoms. The summed E-state index contributed by atoms with van der Waals surface area (Å²) in [7, 11) is 2.47. The largest absolute Gasteiger partial charge is 0.356 e. The maximum absolute atomic E-state index is 12.2. The molecule has 2 fully saturated rings. The Balaban J connectivity index is 0.00000312. The molecule has 0 bridgehead atoms. The van der Waals surface area contributed by atoms with Crippen LogP contribution < -0.4 is 10.6 Å². The molecule has 2 N–H and O–H groups in total. The Morgan fingerprint density at radius 2 is 1.96 bits per heavy atom. The predicted octanol–water partition coefficient (Wildman–Crippen LogP) is 0.851. The SMILES string of the molecule is CN=C(NCC1CCS(=O)(=O)C1)NC1CCCC(C(=O)N(C)C)C1.I. The van der Waals surface area contributed by atoms with E-state index in [-0.39, 0.29) is 53.5 Å². The van der Waals surface area contributed by atoms with E-state index in [2.05, 4.69) is 15.6 Å². The van der Waals surface area contributed by atoms with E-state index in [0.29, 0.717) is 18.3 Å². The zero-order valence-electron chi connectivity index (χ0n) is 15.3. The minimum atomic E-state index is -2.84. The molecule has 0 aromatic carbocycles. The molecule has 1 heterocycles. The van der Waals surface area contributed by atoms with E-state index in [9.17, 15) is 13.2 Å². The Kier molecular flexibility index (Phi) is 8.93. The lowest BCUT2D eigenvalue weighted by Gasteiger charge is -2.31. The number of rotatable bonds is 4. The molecule has 0 aromatic rings. The van der Waals surface area contributed by atoms with Gasteiger partial charge in [0.25, 0.3) is 0 Å². The average molecular weight is 486 g/mol. The van der Waals surface area contributed by atoms with E-state index < -0.39 is 9.84 Å². The second-order valence-electron chi connectivity index (χ2n) is 7.16. The third-order valence-corrected chi connectivity index (χ3v) is 6.75. The molecule has 1 aliphatic carbocycles. The second-order valence-corrected chi connectivity index (χ2v) is 9.39. The summed E-state index contributed by atoms with van der Waals surface area (Å²) in [5, 5.41) is 6.64. The van der Waals surface area contributed by atoms with Crippen molar-refractivity contribution in [1.82, 2.24) is 15.5 Å². The van der Waals surface area contributed by atoms with E-state index in [4.69, 9.17) is 0 Å². The highest BCUT2D eigenvalue weighted by molar-refractivity contribution is 14.0. The third-order valence-electron chi connectivity index (χ3n) is 4.91. The number of sulfone groups is 1. The van der Waals surface area contributed by atoms with Gasteiger partial charge in [0.1, 0.15) is 0 Å². The number of nitrogens with one attached hydrogen (secondary N) is 2. The lowest BCUT2D eigenvalue weighted by molar-refractivity contribution is -0.134. The molecule has 1 saturated carbocycles. The Bertz CT molecular complexity index is 580. The fourth-order valence-corrected chi connectivity index (χ4v) is 5.43. The molecule has 2 rings (SSSR count). The molecule has 7 nitrogen and oxygen atoms in total. The molecule has 25 heavy (non-hydrogen) atoms. The van der Waals surface area contributed by atoms with E-state index in [0.717, 1.165) is 32.1 Å². The van der Waals surface area contributed by atoms with Crippen LogP contribution in [0.1, 0.15) is 32.1 Å². The van der Waals surface area contributed by atoms with E-state index in [1.165, 1.54) is 0 Å². The minimum Gasteiger partial charge on any atom is -0.356 e. The second kappa shape index (κ2) is 9.94. The van der Waals surface area contributed by atoms with Gasteiger partial charge in [-0.2, -0.15) is 0 Å². The van der Waals surface area contributed by atoms with Crippen LogP contribution in [0.4, 0.5) is 0 Å². The Labute approximate surface area is 168 Å². The number of guanidine groups is 1. The third kappa shape index (κ3) is 6.92. The molecule has 0 spiro atoms. The van der Waals surface area contributed by atoms with E-state index >= 15 is 0 Å². The van der Waals surface area contributed by atoms with Crippen molar-refractivity contribution in [2.75, 3.05) is 39.2 Å². The van der Waals surface area contributed by atoms with Gasteiger partial charge in [-0.15, -0.1) is 24.0 Å². The number of hydrogen-bond donors (Lipinski definition) is 2. The highest BCUT2D eigenvalue weighted by Crippen LogP contribution is 2.25. The molecular formula is C16H31IN4O3S. The maximum Gasteiger partial charge on any atom is 0.225 e. The van der Waals surface area contributed by atoms with Gasteiger partial charge in [0.05, 0.1) is 11.5 Å². The van der Waals surface area contributed by atoms with E-state index in [1.807, 2.05) is 0 Å².